The molecule has 14 heteroatoms. The van der Waals surface area contributed by atoms with Crippen LogP contribution in [0.4, 0.5) is 0 Å². The average Bonchev–Trinajstić information content (AvgIpc) is 3.04. The summed E-state index contributed by atoms with van der Waals surface area (Å²) >= 11 is 0. The number of aliphatic hydroxyl groups excluding tert-OH is 5. The molecule has 0 aromatic heterocycles. The number of hydrogen-bond acceptors (Lipinski definition) is 12. The molecule has 47 heavy (non-hydrogen) atoms. The zero-order chi connectivity index (χ0) is 35.1. The Morgan fingerprint density at radius 3 is 1.81 bits per heavy atom. The van der Waals surface area contributed by atoms with Crippen molar-refractivity contribution in [1.29, 1.82) is 0 Å². The summed E-state index contributed by atoms with van der Waals surface area (Å²) in [5.41, 5.74) is 0. The SMILES string of the molecule is CCC/C=C\C/C=C\CCCCCCCC(=O)OC(COC(=O)CCCCCCC)COP(=O)(O)OC1C(O)C(O)C(O)C(O)C1O. The molecular formula is C33H59O13P. The van der Waals surface area contributed by atoms with Crippen LogP contribution in [0.1, 0.15) is 117 Å². The molecular weight excluding hydrogens is 635 g/mol. The Bertz CT molecular complexity index is 943. The molecule has 0 aromatic carbocycles. The Morgan fingerprint density at radius 1 is 0.660 bits per heavy atom. The lowest BCUT2D eigenvalue weighted by Gasteiger charge is -2.41. The highest BCUT2D eigenvalue weighted by molar-refractivity contribution is 7.47. The van der Waals surface area contributed by atoms with Crippen LogP contribution in [0, 0.1) is 0 Å². The Hall–Kier alpha value is -1.67. The second-order valence-electron chi connectivity index (χ2n) is 12.0. The van der Waals surface area contributed by atoms with Crippen LogP contribution in [0.2, 0.25) is 0 Å². The zero-order valence-corrected chi connectivity index (χ0v) is 29.0. The second kappa shape index (κ2) is 25.3. The summed E-state index contributed by atoms with van der Waals surface area (Å²) < 4.78 is 33.0. The fraction of sp³-hybridized carbons (Fsp3) is 0.818. The lowest BCUT2D eigenvalue weighted by atomic mass is 9.85. The molecule has 0 radical (unpaired) electrons. The van der Waals surface area contributed by atoms with E-state index in [1.54, 1.807) is 0 Å². The van der Waals surface area contributed by atoms with Gasteiger partial charge in [-0.1, -0.05) is 89.5 Å². The first-order valence-electron chi connectivity index (χ1n) is 17.1. The first-order valence-corrected chi connectivity index (χ1v) is 18.6. The number of aliphatic hydroxyl groups is 5. The van der Waals surface area contributed by atoms with Crippen LogP contribution in [0.15, 0.2) is 24.3 Å². The third-order valence-corrected chi connectivity index (χ3v) is 8.76. The third kappa shape index (κ3) is 19.2. The highest BCUT2D eigenvalue weighted by Gasteiger charge is 2.51. The van der Waals surface area contributed by atoms with Crippen molar-refractivity contribution in [2.24, 2.45) is 0 Å². The van der Waals surface area contributed by atoms with Crippen LogP contribution in [-0.2, 0) is 32.7 Å². The van der Waals surface area contributed by atoms with Crippen molar-refractivity contribution >= 4 is 19.8 Å². The lowest BCUT2D eigenvalue weighted by molar-refractivity contribution is -0.220. The van der Waals surface area contributed by atoms with Crippen LogP contribution in [0.25, 0.3) is 0 Å². The van der Waals surface area contributed by atoms with Crippen molar-refractivity contribution in [3.05, 3.63) is 24.3 Å². The largest absolute Gasteiger partial charge is 0.472 e. The fourth-order valence-electron chi connectivity index (χ4n) is 4.91. The summed E-state index contributed by atoms with van der Waals surface area (Å²) in [5, 5.41) is 49.6. The quantitative estimate of drug-likeness (QED) is 0.0326. The zero-order valence-electron chi connectivity index (χ0n) is 28.1. The minimum atomic E-state index is -5.10. The highest BCUT2D eigenvalue weighted by atomic mass is 31.2. The first kappa shape index (κ1) is 43.4. The molecule has 0 heterocycles. The Labute approximate surface area is 279 Å². The van der Waals surface area contributed by atoms with E-state index in [4.69, 9.17) is 18.5 Å². The topological polar surface area (TPSA) is 210 Å². The number of phosphoric acid groups is 1. The smallest absolute Gasteiger partial charge is 0.462 e. The van der Waals surface area contributed by atoms with Crippen LogP contribution in [0.5, 0.6) is 0 Å². The van der Waals surface area contributed by atoms with E-state index in [1.807, 2.05) is 0 Å². The number of phosphoric ester groups is 1. The number of rotatable bonds is 26. The van der Waals surface area contributed by atoms with Crippen molar-refractivity contribution in [1.82, 2.24) is 0 Å². The van der Waals surface area contributed by atoms with Gasteiger partial charge in [-0.2, -0.15) is 0 Å². The second-order valence-corrected chi connectivity index (χ2v) is 13.4. The van der Waals surface area contributed by atoms with E-state index in [0.29, 0.717) is 12.8 Å². The Morgan fingerprint density at radius 2 is 1.19 bits per heavy atom. The van der Waals surface area contributed by atoms with Gasteiger partial charge in [-0.15, -0.1) is 0 Å². The summed E-state index contributed by atoms with van der Waals surface area (Å²) in [4.78, 5) is 35.0. The molecule has 0 amide bonds. The Balaban J connectivity index is 2.57. The van der Waals surface area contributed by atoms with Crippen LogP contribution >= 0.6 is 7.82 Å². The predicted molar refractivity (Wildman–Crippen MR) is 175 cm³/mol. The number of allylic oxidation sites excluding steroid dienone is 4. The van der Waals surface area contributed by atoms with Gasteiger partial charge in [0.2, 0.25) is 0 Å². The highest BCUT2D eigenvalue weighted by Crippen LogP contribution is 2.47. The molecule has 274 valence electrons. The summed E-state index contributed by atoms with van der Waals surface area (Å²) in [7, 11) is -5.10. The molecule has 13 nitrogen and oxygen atoms in total. The maximum absolute atomic E-state index is 12.6. The van der Waals surface area contributed by atoms with Gasteiger partial charge in [0.15, 0.2) is 6.10 Å². The fourth-order valence-corrected chi connectivity index (χ4v) is 5.88. The van der Waals surface area contributed by atoms with Crippen molar-refractivity contribution in [2.75, 3.05) is 13.2 Å². The van der Waals surface area contributed by atoms with Gasteiger partial charge in [-0.25, -0.2) is 4.57 Å². The van der Waals surface area contributed by atoms with Gasteiger partial charge < -0.3 is 39.9 Å². The molecule has 0 spiro atoms. The minimum Gasteiger partial charge on any atom is -0.462 e. The van der Waals surface area contributed by atoms with Crippen LogP contribution < -0.4 is 0 Å². The van der Waals surface area contributed by atoms with Crippen molar-refractivity contribution in [2.45, 2.75) is 159 Å². The van der Waals surface area contributed by atoms with Gasteiger partial charge in [0, 0.05) is 12.8 Å². The summed E-state index contributed by atoms with van der Waals surface area (Å²) in [6.07, 6.45) is 8.97. The van der Waals surface area contributed by atoms with Gasteiger partial charge in [-0.05, 0) is 38.5 Å². The average molecular weight is 695 g/mol. The number of carbonyl (C=O) groups excluding carboxylic acids is 2. The van der Waals surface area contributed by atoms with E-state index in [-0.39, 0.29) is 12.8 Å². The van der Waals surface area contributed by atoms with Crippen LogP contribution in [0.3, 0.4) is 0 Å². The van der Waals surface area contributed by atoms with Gasteiger partial charge >= 0.3 is 19.8 Å². The molecule has 1 aliphatic carbocycles. The maximum Gasteiger partial charge on any atom is 0.472 e. The van der Waals surface area contributed by atoms with Gasteiger partial charge in [0.1, 0.15) is 43.2 Å². The number of ether oxygens (including phenoxy) is 2. The minimum absolute atomic E-state index is 0.0811. The van der Waals surface area contributed by atoms with E-state index in [2.05, 4.69) is 38.2 Å². The predicted octanol–water partition coefficient (Wildman–Crippen LogP) is 4.16. The van der Waals surface area contributed by atoms with Crippen molar-refractivity contribution in [3.8, 4) is 0 Å². The van der Waals surface area contributed by atoms with Gasteiger partial charge in [0.05, 0.1) is 6.61 Å². The van der Waals surface area contributed by atoms with Crippen molar-refractivity contribution in [3.63, 3.8) is 0 Å². The van der Waals surface area contributed by atoms with E-state index in [0.717, 1.165) is 77.0 Å². The summed E-state index contributed by atoms with van der Waals surface area (Å²) in [5.74, 6) is -1.14. The molecule has 6 unspecified atom stereocenters. The lowest BCUT2D eigenvalue weighted by Crippen LogP contribution is -2.64. The molecule has 0 saturated heterocycles. The molecule has 0 aliphatic heterocycles. The molecule has 1 rings (SSSR count). The standard InChI is InChI=1S/C33H59O13P/c1-3-5-7-9-10-11-12-13-14-15-16-18-20-22-27(35)45-25(23-43-26(34)21-19-17-8-6-4-2)24-44-47(41,42)46-33-31(39)29(37)28(36)30(38)32(33)40/h7,9,11-12,25,28-33,36-40H,3-6,8,10,13-24H2,1-2H3,(H,41,42)/b9-7-,12-11-. The molecule has 0 aromatic rings. The van der Waals surface area contributed by atoms with E-state index in [9.17, 15) is 44.6 Å². The Kier molecular flexibility index (Phi) is 23.4. The third-order valence-electron chi connectivity index (χ3n) is 7.78. The van der Waals surface area contributed by atoms with E-state index >= 15 is 0 Å². The number of esters is 2. The summed E-state index contributed by atoms with van der Waals surface area (Å²) in [6.45, 7) is 3.05. The monoisotopic (exact) mass is 694 g/mol. The maximum atomic E-state index is 12.6. The molecule has 1 saturated carbocycles. The molecule has 1 aliphatic rings. The van der Waals surface area contributed by atoms with Gasteiger partial charge in [0.25, 0.3) is 0 Å². The van der Waals surface area contributed by atoms with Gasteiger partial charge in [-0.3, -0.25) is 18.6 Å². The van der Waals surface area contributed by atoms with Crippen molar-refractivity contribution < 1.29 is 63.1 Å². The van der Waals surface area contributed by atoms with E-state index in [1.165, 1.54) is 0 Å². The number of unbranched alkanes of at least 4 members (excludes halogenated alkanes) is 10. The molecule has 6 atom stereocenters. The number of hydrogen-bond donors (Lipinski definition) is 6. The number of carbonyl (C=O) groups is 2. The normalized spacial score (nSPS) is 25.2. The molecule has 0 bridgehead atoms. The summed E-state index contributed by atoms with van der Waals surface area (Å²) in [6, 6.07) is 0. The molecule has 6 N–H and O–H groups in total. The van der Waals surface area contributed by atoms with Crippen LogP contribution in [-0.4, -0.2) is 98.3 Å². The molecule has 1 fully saturated rings. The van der Waals surface area contributed by atoms with E-state index < -0.39 is 75.7 Å². The first-order chi connectivity index (χ1) is 22.4.